The lowest BCUT2D eigenvalue weighted by Crippen LogP contribution is -2.00. The van der Waals surface area contributed by atoms with Crippen LogP contribution in [0.15, 0.2) is 28.7 Å². The van der Waals surface area contributed by atoms with Gasteiger partial charge in [-0.3, -0.25) is 0 Å². The molecule has 0 unspecified atom stereocenters. The second kappa shape index (κ2) is 3.23. The molecular weight excluding hydrogens is 236 g/mol. The van der Waals surface area contributed by atoms with E-state index in [9.17, 15) is 0 Å². The summed E-state index contributed by atoms with van der Waals surface area (Å²) in [6, 6.07) is 6.72. The van der Waals surface area contributed by atoms with E-state index in [1.165, 1.54) is 41.3 Å². The quantitative estimate of drug-likeness (QED) is 0.700. The van der Waals surface area contributed by atoms with Crippen molar-refractivity contribution in [2.24, 2.45) is 5.92 Å². The number of hydrogen-bond acceptors (Lipinski definition) is 0. The van der Waals surface area contributed by atoms with Gasteiger partial charge in [0.25, 0.3) is 0 Å². The summed E-state index contributed by atoms with van der Waals surface area (Å²) < 4.78 is 1.21. The van der Waals surface area contributed by atoms with Crippen molar-refractivity contribution in [1.82, 2.24) is 0 Å². The van der Waals surface area contributed by atoms with Crippen LogP contribution in [0.5, 0.6) is 0 Å². The minimum atomic E-state index is 0.878. The minimum Gasteiger partial charge on any atom is -0.0801 e. The van der Waals surface area contributed by atoms with Gasteiger partial charge in [-0.15, -0.1) is 0 Å². The number of benzene rings is 1. The molecule has 1 heteroatoms. The van der Waals surface area contributed by atoms with E-state index in [0.717, 1.165) is 5.92 Å². The molecule has 0 spiro atoms. The van der Waals surface area contributed by atoms with Gasteiger partial charge < -0.3 is 0 Å². The van der Waals surface area contributed by atoms with Gasteiger partial charge in [-0.25, -0.2) is 0 Å². The van der Waals surface area contributed by atoms with Crippen LogP contribution in [0.2, 0.25) is 0 Å². The molecule has 72 valence electrons. The van der Waals surface area contributed by atoms with Gasteiger partial charge in [-0.05, 0) is 60.4 Å². The third kappa shape index (κ3) is 1.44. The van der Waals surface area contributed by atoms with Gasteiger partial charge in [0.15, 0.2) is 0 Å². The maximum absolute atomic E-state index is 3.56. The van der Waals surface area contributed by atoms with Crippen LogP contribution >= 0.6 is 15.9 Å². The number of aryl methyl sites for hydroxylation is 1. The Hall–Kier alpha value is -0.560. The molecule has 1 aromatic rings. The van der Waals surface area contributed by atoms with E-state index in [-0.39, 0.29) is 0 Å². The van der Waals surface area contributed by atoms with E-state index in [1.54, 1.807) is 5.57 Å². The van der Waals surface area contributed by atoms with E-state index in [4.69, 9.17) is 0 Å². The van der Waals surface area contributed by atoms with Crippen molar-refractivity contribution in [1.29, 1.82) is 0 Å². The highest BCUT2D eigenvalue weighted by Crippen LogP contribution is 2.45. The Kier molecular flexibility index (Phi) is 2.01. The molecule has 0 amide bonds. The van der Waals surface area contributed by atoms with Gasteiger partial charge in [0.1, 0.15) is 0 Å². The average Bonchev–Trinajstić information content (AvgIpc) is 3.00. The normalized spacial score (nSPS) is 20.2. The highest BCUT2D eigenvalue weighted by atomic mass is 79.9. The maximum atomic E-state index is 3.56. The van der Waals surface area contributed by atoms with Gasteiger partial charge in [0.05, 0.1) is 0 Å². The standard InChI is InChI=1S/C13H13Br/c14-11-7-6-9-2-1-3-12(10-4-5-10)13(9)8-11/h3,6-8,10H,1-2,4-5H2. The van der Waals surface area contributed by atoms with Gasteiger partial charge in [-0.2, -0.15) is 0 Å². The number of hydrogen-bond donors (Lipinski definition) is 0. The highest BCUT2D eigenvalue weighted by Gasteiger charge is 2.29. The van der Waals surface area contributed by atoms with Gasteiger partial charge >= 0.3 is 0 Å². The first-order valence-electron chi connectivity index (χ1n) is 5.33. The fourth-order valence-electron chi connectivity index (χ4n) is 2.31. The summed E-state index contributed by atoms with van der Waals surface area (Å²) in [5, 5.41) is 0. The van der Waals surface area contributed by atoms with Gasteiger partial charge in [-0.1, -0.05) is 28.1 Å². The van der Waals surface area contributed by atoms with E-state index in [0.29, 0.717) is 0 Å². The van der Waals surface area contributed by atoms with Gasteiger partial charge in [0, 0.05) is 4.47 Å². The topological polar surface area (TPSA) is 0 Å². The second-order valence-electron chi connectivity index (χ2n) is 4.27. The van der Waals surface area contributed by atoms with Crippen molar-refractivity contribution in [2.45, 2.75) is 25.7 Å². The van der Waals surface area contributed by atoms with E-state index in [2.05, 4.69) is 40.2 Å². The number of allylic oxidation sites excluding steroid dienone is 2. The number of rotatable bonds is 1. The maximum Gasteiger partial charge on any atom is 0.0181 e. The lowest BCUT2D eigenvalue weighted by molar-refractivity contribution is 0.949. The predicted molar refractivity (Wildman–Crippen MR) is 63.2 cm³/mol. The highest BCUT2D eigenvalue weighted by molar-refractivity contribution is 9.10. The van der Waals surface area contributed by atoms with Crippen molar-refractivity contribution >= 4 is 21.5 Å². The third-order valence-electron chi connectivity index (χ3n) is 3.18. The van der Waals surface area contributed by atoms with Crippen LogP contribution in [-0.2, 0) is 6.42 Å². The first-order chi connectivity index (χ1) is 6.84. The van der Waals surface area contributed by atoms with Crippen molar-refractivity contribution in [3.05, 3.63) is 39.9 Å². The first kappa shape index (κ1) is 8.72. The number of fused-ring (bicyclic) bond motifs is 1. The Balaban J connectivity index is 2.10. The molecule has 0 atom stereocenters. The number of halogens is 1. The fourth-order valence-corrected chi connectivity index (χ4v) is 2.67. The third-order valence-corrected chi connectivity index (χ3v) is 3.67. The summed E-state index contributed by atoms with van der Waals surface area (Å²) in [5.41, 5.74) is 4.67. The minimum absolute atomic E-state index is 0.878. The molecule has 0 aliphatic heterocycles. The van der Waals surface area contributed by atoms with Crippen molar-refractivity contribution < 1.29 is 0 Å². The van der Waals surface area contributed by atoms with Crippen LogP contribution < -0.4 is 0 Å². The largest absolute Gasteiger partial charge is 0.0801 e. The predicted octanol–water partition coefficient (Wildman–Crippen LogP) is 4.19. The molecule has 14 heavy (non-hydrogen) atoms. The summed E-state index contributed by atoms with van der Waals surface area (Å²) in [4.78, 5) is 0. The molecule has 3 rings (SSSR count). The summed E-state index contributed by atoms with van der Waals surface area (Å²) >= 11 is 3.56. The molecule has 2 aliphatic carbocycles. The Bertz CT molecular complexity index is 400. The molecule has 1 saturated carbocycles. The molecule has 0 nitrogen and oxygen atoms in total. The van der Waals surface area contributed by atoms with Gasteiger partial charge in [0.2, 0.25) is 0 Å². The molecule has 0 bridgehead atoms. The van der Waals surface area contributed by atoms with Crippen LogP contribution in [0, 0.1) is 5.92 Å². The van der Waals surface area contributed by atoms with Crippen LogP contribution in [-0.4, -0.2) is 0 Å². The summed E-state index contributed by atoms with van der Waals surface area (Å²) in [7, 11) is 0. The molecule has 1 aromatic carbocycles. The fraction of sp³-hybridized carbons (Fsp3) is 0.385. The molecule has 0 aromatic heterocycles. The Labute approximate surface area is 93.2 Å². The van der Waals surface area contributed by atoms with Crippen molar-refractivity contribution in [2.75, 3.05) is 0 Å². The van der Waals surface area contributed by atoms with Crippen LogP contribution in [0.1, 0.15) is 30.4 Å². The monoisotopic (exact) mass is 248 g/mol. The lowest BCUT2D eigenvalue weighted by Gasteiger charge is -2.17. The van der Waals surface area contributed by atoms with Crippen LogP contribution in [0.25, 0.3) is 5.57 Å². The Morgan fingerprint density at radius 1 is 1.21 bits per heavy atom. The van der Waals surface area contributed by atoms with E-state index >= 15 is 0 Å². The SMILES string of the molecule is Brc1ccc2c(c1)C(C1CC1)=CCC2. The van der Waals surface area contributed by atoms with Crippen molar-refractivity contribution in [3.8, 4) is 0 Å². The molecule has 1 fully saturated rings. The summed E-state index contributed by atoms with van der Waals surface area (Å²) in [5.74, 6) is 0.878. The zero-order valence-corrected chi connectivity index (χ0v) is 9.68. The Morgan fingerprint density at radius 3 is 2.86 bits per heavy atom. The van der Waals surface area contributed by atoms with Crippen LogP contribution in [0.4, 0.5) is 0 Å². The summed E-state index contributed by atoms with van der Waals surface area (Å²) in [6.45, 7) is 0. The zero-order valence-electron chi connectivity index (χ0n) is 8.09. The molecular formula is C13H13Br. The Morgan fingerprint density at radius 2 is 2.07 bits per heavy atom. The second-order valence-corrected chi connectivity index (χ2v) is 5.19. The first-order valence-corrected chi connectivity index (χ1v) is 6.13. The van der Waals surface area contributed by atoms with Crippen molar-refractivity contribution in [3.63, 3.8) is 0 Å². The summed E-state index contributed by atoms with van der Waals surface area (Å²) in [6.07, 6.45) is 7.71. The smallest absolute Gasteiger partial charge is 0.0181 e. The molecule has 2 aliphatic rings. The van der Waals surface area contributed by atoms with Crippen LogP contribution in [0.3, 0.4) is 0 Å². The molecule has 0 radical (unpaired) electrons. The molecule has 0 N–H and O–H groups in total. The zero-order chi connectivity index (χ0) is 9.54. The van der Waals surface area contributed by atoms with E-state index < -0.39 is 0 Å². The molecule has 0 saturated heterocycles. The molecule has 0 heterocycles. The van der Waals surface area contributed by atoms with E-state index in [1.807, 2.05) is 0 Å². The lowest BCUT2D eigenvalue weighted by atomic mass is 9.88. The average molecular weight is 249 g/mol.